The molecule has 0 bridgehead atoms. The number of aryl methyl sites for hydroxylation is 3. The van der Waals surface area contributed by atoms with Crippen LogP contribution in [-0.2, 0) is 14.8 Å². The van der Waals surface area contributed by atoms with Crippen LogP contribution in [0.25, 0.3) is 0 Å². The summed E-state index contributed by atoms with van der Waals surface area (Å²) in [5.74, 6) is -0.276. The average molecular weight is 353 g/mol. The van der Waals surface area contributed by atoms with Crippen LogP contribution >= 0.6 is 11.3 Å². The molecule has 6 nitrogen and oxygen atoms in total. The van der Waals surface area contributed by atoms with Crippen molar-refractivity contribution in [2.24, 2.45) is 0 Å². The van der Waals surface area contributed by atoms with Crippen molar-refractivity contribution < 1.29 is 13.2 Å². The molecular formula is C15H19N3O3S2. The summed E-state index contributed by atoms with van der Waals surface area (Å²) in [5.41, 5.74) is 2.77. The first-order valence-corrected chi connectivity index (χ1v) is 9.43. The van der Waals surface area contributed by atoms with Gasteiger partial charge in [-0.3, -0.25) is 4.79 Å². The van der Waals surface area contributed by atoms with E-state index in [9.17, 15) is 13.2 Å². The number of nitrogens with zero attached hydrogens (tertiary/aromatic N) is 1. The molecule has 2 rings (SSSR count). The fourth-order valence-electron chi connectivity index (χ4n) is 1.86. The van der Waals surface area contributed by atoms with Gasteiger partial charge in [0.1, 0.15) is 0 Å². The number of sulfonamides is 1. The Kier molecular flexibility index (Phi) is 5.51. The van der Waals surface area contributed by atoms with E-state index in [4.69, 9.17) is 0 Å². The quantitative estimate of drug-likeness (QED) is 0.834. The lowest BCUT2D eigenvalue weighted by Gasteiger charge is -2.08. The maximum atomic E-state index is 12.2. The molecule has 0 radical (unpaired) electrons. The van der Waals surface area contributed by atoms with Crippen molar-refractivity contribution in [3.8, 4) is 0 Å². The highest BCUT2D eigenvalue weighted by Crippen LogP contribution is 2.15. The molecule has 0 aliphatic heterocycles. The molecule has 0 unspecified atom stereocenters. The summed E-state index contributed by atoms with van der Waals surface area (Å²) in [4.78, 5) is 16.1. The van der Waals surface area contributed by atoms with Crippen molar-refractivity contribution in [3.63, 3.8) is 0 Å². The van der Waals surface area contributed by atoms with Crippen LogP contribution in [0, 0.1) is 20.8 Å². The SMILES string of the molecule is Cc1csc(NC(=O)CCNS(=O)(=O)c2ccc(C)c(C)c2)n1. The highest BCUT2D eigenvalue weighted by atomic mass is 32.2. The number of carbonyl (C=O) groups is 1. The summed E-state index contributed by atoms with van der Waals surface area (Å²) in [6.07, 6.45) is 0.0443. The second-order valence-electron chi connectivity index (χ2n) is 5.24. The van der Waals surface area contributed by atoms with Crippen molar-refractivity contribution >= 4 is 32.4 Å². The van der Waals surface area contributed by atoms with Crippen LogP contribution in [0.3, 0.4) is 0 Å². The van der Waals surface area contributed by atoms with E-state index < -0.39 is 10.0 Å². The minimum absolute atomic E-state index is 0.0332. The number of hydrogen-bond donors (Lipinski definition) is 2. The Balaban J connectivity index is 1.89. The van der Waals surface area contributed by atoms with E-state index >= 15 is 0 Å². The largest absolute Gasteiger partial charge is 0.302 e. The Labute approximate surface area is 140 Å². The molecule has 0 aliphatic carbocycles. The van der Waals surface area contributed by atoms with E-state index in [-0.39, 0.29) is 23.8 Å². The van der Waals surface area contributed by atoms with Crippen molar-refractivity contribution in [2.75, 3.05) is 11.9 Å². The molecule has 0 spiro atoms. The molecule has 0 saturated heterocycles. The van der Waals surface area contributed by atoms with Gasteiger partial charge in [-0.15, -0.1) is 11.3 Å². The van der Waals surface area contributed by atoms with Gasteiger partial charge >= 0.3 is 0 Å². The summed E-state index contributed by atoms with van der Waals surface area (Å²) >= 11 is 1.33. The highest BCUT2D eigenvalue weighted by molar-refractivity contribution is 7.89. The van der Waals surface area contributed by atoms with Gasteiger partial charge < -0.3 is 5.32 Å². The predicted molar refractivity (Wildman–Crippen MR) is 91.2 cm³/mol. The lowest BCUT2D eigenvalue weighted by molar-refractivity contribution is -0.116. The molecule has 2 N–H and O–H groups in total. The molecule has 0 saturated carbocycles. The third-order valence-electron chi connectivity index (χ3n) is 3.30. The Bertz CT molecular complexity index is 813. The number of aromatic nitrogens is 1. The molecule has 1 aromatic heterocycles. The zero-order valence-electron chi connectivity index (χ0n) is 13.2. The number of anilines is 1. The number of hydrogen-bond acceptors (Lipinski definition) is 5. The zero-order chi connectivity index (χ0) is 17.0. The van der Waals surface area contributed by atoms with Crippen LogP contribution in [0.15, 0.2) is 28.5 Å². The van der Waals surface area contributed by atoms with Crippen LogP contribution in [0.1, 0.15) is 23.2 Å². The van der Waals surface area contributed by atoms with Gasteiger partial charge in [0.2, 0.25) is 15.9 Å². The number of benzene rings is 1. The zero-order valence-corrected chi connectivity index (χ0v) is 14.8. The third-order valence-corrected chi connectivity index (χ3v) is 5.63. The Morgan fingerprint density at radius 2 is 1.96 bits per heavy atom. The number of nitrogens with one attached hydrogen (secondary N) is 2. The summed E-state index contributed by atoms with van der Waals surface area (Å²) in [6.45, 7) is 5.65. The van der Waals surface area contributed by atoms with E-state index in [0.29, 0.717) is 5.13 Å². The maximum absolute atomic E-state index is 12.2. The minimum atomic E-state index is -3.61. The van der Waals surface area contributed by atoms with Gasteiger partial charge in [0, 0.05) is 18.3 Å². The van der Waals surface area contributed by atoms with Gasteiger partial charge in [0.25, 0.3) is 0 Å². The number of rotatable bonds is 6. The number of thiazole rings is 1. The lowest BCUT2D eigenvalue weighted by atomic mass is 10.1. The van der Waals surface area contributed by atoms with Gasteiger partial charge in [-0.05, 0) is 44.0 Å². The van der Waals surface area contributed by atoms with E-state index in [1.54, 1.807) is 18.2 Å². The summed E-state index contributed by atoms with van der Waals surface area (Å²) < 4.78 is 26.8. The van der Waals surface area contributed by atoms with Crippen LogP contribution in [0.2, 0.25) is 0 Å². The van der Waals surface area contributed by atoms with Crippen LogP contribution in [0.4, 0.5) is 5.13 Å². The third kappa shape index (κ3) is 4.85. The molecule has 1 heterocycles. The van der Waals surface area contributed by atoms with E-state index in [2.05, 4.69) is 15.0 Å². The summed E-state index contributed by atoms with van der Waals surface area (Å²) in [6, 6.07) is 4.95. The standard InChI is InChI=1S/C15H19N3O3S2/c1-10-4-5-13(8-11(10)2)23(20,21)16-7-6-14(19)18-15-17-12(3)9-22-15/h4-5,8-9,16H,6-7H2,1-3H3,(H,17,18,19). The van der Waals surface area contributed by atoms with Crippen LogP contribution < -0.4 is 10.0 Å². The normalized spacial score (nSPS) is 11.4. The average Bonchev–Trinajstić information content (AvgIpc) is 2.86. The molecule has 23 heavy (non-hydrogen) atoms. The van der Waals surface area contributed by atoms with Gasteiger partial charge in [-0.25, -0.2) is 18.1 Å². The second kappa shape index (κ2) is 7.20. The van der Waals surface area contributed by atoms with Crippen molar-refractivity contribution in [3.05, 3.63) is 40.4 Å². The molecule has 0 aliphatic rings. The molecule has 2 aromatic rings. The first-order chi connectivity index (χ1) is 10.8. The molecule has 1 aromatic carbocycles. The second-order valence-corrected chi connectivity index (χ2v) is 7.86. The smallest absolute Gasteiger partial charge is 0.240 e. The van der Waals surface area contributed by atoms with E-state index in [1.165, 1.54) is 11.3 Å². The molecule has 0 fully saturated rings. The van der Waals surface area contributed by atoms with Crippen molar-refractivity contribution in [2.45, 2.75) is 32.1 Å². The van der Waals surface area contributed by atoms with Gasteiger partial charge in [0.15, 0.2) is 5.13 Å². The van der Waals surface area contributed by atoms with E-state index in [1.807, 2.05) is 26.2 Å². The van der Waals surface area contributed by atoms with Crippen molar-refractivity contribution in [1.29, 1.82) is 0 Å². The predicted octanol–water partition coefficient (Wildman–Crippen LogP) is 2.38. The lowest BCUT2D eigenvalue weighted by Crippen LogP contribution is -2.28. The Morgan fingerprint density at radius 3 is 2.57 bits per heavy atom. The topological polar surface area (TPSA) is 88.2 Å². The molecule has 1 amide bonds. The van der Waals surface area contributed by atoms with Crippen molar-refractivity contribution in [1.82, 2.24) is 9.71 Å². The number of amides is 1. The monoisotopic (exact) mass is 353 g/mol. The first-order valence-electron chi connectivity index (χ1n) is 7.07. The van der Waals surface area contributed by atoms with Crippen LogP contribution in [0.5, 0.6) is 0 Å². The van der Waals surface area contributed by atoms with E-state index in [0.717, 1.165) is 16.8 Å². The van der Waals surface area contributed by atoms with Gasteiger partial charge in [-0.2, -0.15) is 0 Å². The fraction of sp³-hybridized carbons (Fsp3) is 0.333. The highest BCUT2D eigenvalue weighted by Gasteiger charge is 2.15. The minimum Gasteiger partial charge on any atom is -0.302 e. The van der Waals surface area contributed by atoms with Gasteiger partial charge in [-0.1, -0.05) is 6.07 Å². The summed E-state index contributed by atoms with van der Waals surface area (Å²) in [5, 5.41) is 4.99. The first kappa shape index (κ1) is 17.6. The number of carbonyl (C=O) groups excluding carboxylic acids is 1. The Morgan fingerprint density at radius 1 is 1.22 bits per heavy atom. The molecule has 8 heteroatoms. The van der Waals surface area contributed by atoms with Gasteiger partial charge in [0.05, 0.1) is 10.6 Å². The Hall–Kier alpha value is -1.77. The molecule has 124 valence electrons. The summed E-state index contributed by atoms with van der Waals surface area (Å²) in [7, 11) is -3.61. The molecule has 0 atom stereocenters. The fourth-order valence-corrected chi connectivity index (χ4v) is 3.68. The van der Waals surface area contributed by atoms with Crippen LogP contribution in [-0.4, -0.2) is 25.9 Å². The maximum Gasteiger partial charge on any atom is 0.240 e. The molecular weight excluding hydrogens is 334 g/mol.